The van der Waals surface area contributed by atoms with E-state index in [2.05, 4.69) is 4.98 Å². The first kappa shape index (κ1) is 12.9. The van der Waals surface area contributed by atoms with Crippen LogP contribution in [0.1, 0.15) is 23.7 Å². The van der Waals surface area contributed by atoms with Gasteiger partial charge in [0.15, 0.2) is 11.6 Å². The Morgan fingerprint density at radius 1 is 1.71 bits per heavy atom. The molecule has 1 rings (SSSR count). The molecule has 0 aliphatic rings. The maximum atomic E-state index is 13.8. The van der Waals surface area contributed by atoms with Gasteiger partial charge >= 0.3 is 5.97 Å². The summed E-state index contributed by atoms with van der Waals surface area (Å²) >= 11 is 0. The van der Waals surface area contributed by atoms with Gasteiger partial charge in [-0.15, -0.1) is 0 Å². The number of aromatic nitrogens is 1. The van der Waals surface area contributed by atoms with Gasteiger partial charge in [-0.2, -0.15) is 5.26 Å². The number of halogens is 1. The Morgan fingerprint density at radius 3 is 2.94 bits per heavy atom. The summed E-state index contributed by atoms with van der Waals surface area (Å²) < 4.78 is 13.8. The number of carboxylic acid groups (broad SMARTS) is 1. The molecular weight excluding hydrogens is 225 g/mol. The number of hydrogen-bond donors (Lipinski definition) is 1. The van der Waals surface area contributed by atoms with E-state index in [4.69, 9.17) is 10.4 Å². The Morgan fingerprint density at radius 2 is 2.41 bits per heavy atom. The molecule has 90 valence electrons. The van der Waals surface area contributed by atoms with Crippen molar-refractivity contribution in [3.63, 3.8) is 0 Å². The number of carboxylic acids is 1. The molecule has 5 nitrogen and oxygen atoms in total. The fourth-order valence-electron chi connectivity index (χ4n) is 1.42. The molecule has 0 aromatic carbocycles. The molecule has 1 aromatic rings. The Bertz CT molecular complexity index is 457. The average Bonchev–Trinajstić information content (AvgIpc) is 2.31. The number of pyridine rings is 1. The molecule has 0 unspecified atom stereocenters. The predicted molar refractivity (Wildman–Crippen MR) is 59.3 cm³/mol. The lowest BCUT2D eigenvalue weighted by Crippen LogP contribution is -2.26. The summed E-state index contributed by atoms with van der Waals surface area (Å²) in [5, 5.41) is 17.3. The Balaban J connectivity index is 3.08. The largest absolute Gasteiger partial charge is 0.478 e. The van der Waals surface area contributed by atoms with Gasteiger partial charge in [-0.1, -0.05) is 0 Å². The van der Waals surface area contributed by atoms with Crippen molar-refractivity contribution in [1.29, 1.82) is 5.26 Å². The van der Waals surface area contributed by atoms with Crippen LogP contribution in [0, 0.1) is 17.1 Å². The monoisotopic (exact) mass is 237 g/mol. The topological polar surface area (TPSA) is 77.2 Å². The van der Waals surface area contributed by atoms with Gasteiger partial charge < -0.3 is 10.0 Å². The molecule has 0 atom stereocenters. The molecule has 0 spiro atoms. The minimum Gasteiger partial charge on any atom is -0.478 e. The second kappa shape index (κ2) is 5.80. The minimum absolute atomic E-state index is 0.0253. The number of rotatable bonds is 5. The fraction of sp³-hybridized carbons (Fsp3) is 0.364. The summed E-state index contributed by atoms with van der Waals surface area (Å²) in [5.74, 6) is -2.22. The maximum Gasteiger partial charge on any atom is 0.338 e. The number of hydrogen-bond acceptors (Lipinski definition) is 4. The first-order valence-electron chi connectivity index (χ1n) is 5.11. The van der Waals surface area contributed by atoms with Crippen LogP contribution in [-0.2, 0) is 0 Å². The number of carbonyl (C=O) groups is 1. The van der Waals surface area contributed by atoms with E-state index in [1.807, 2.05) is 6.07 Å². The van der Waals surface area contributed by atoms with Crippen LogP contribution in [0.4, 0.5) is 10.2 Å². The third kappa shape index (κ3) is 2.91. The van der Waals surface area contributed by atoms with Crippen molar-refractivity contribution in [3.05, 3.63) is 23.6 Å². The van der Waals surface area contributed by atoms with Gasteiger partial charge in [-0.25, -0.2) is 14.2 Å². The van der Waals surface area contributed by atoms with Gasteiger partial charge in [0, 0.05) is 19.3 Å². The van der Waals surface area contributed by atoms with Crippen LogP contribution in [-0.4, -0.2) is 29.1 Å². The molecule has 1 aromatic heterocycles. The van der Waals surface area contributed by atoms with Gasteiger partial charge in [0.1, 0.15) is 5.56 Å². The Kier molecular flexibility index (Phi) is 4.40. The quantitative estimate of drug-likeness (QED) is 0.842. The zero-order valence-electron chi connectivity index (χ0n) is 9.35. The van der Waals surface area contributed by atoms with Crippen LogP contribution in [0.5, 0.6) is 0 Å². The van der Waals surface area contributed by atoms with Gasteiger partial charge in [0.25, 0.3) is 0 Å². The fourth-order valence-corrected chi connectivity index (χ4v) is 1.42. The van der Waals surface area contributed by atoms with Crippen LogP contribution < -0.4 is 4.90 Å². The summed E-state index contributed by atoms with van der Waals surface area (Å²) in [6.07, 6.45) is 1.48. The van der Waals surface area contributed by atoms with E-state index >= 15 is 0 Å². The summed E-state index contributed by atoms with van der Waals surface area (Å²) in [5.41, 5.74) is -0.412. The van der Waals surface area contributed by atoms with Crippen LogP contribution in [0.25, 0.3) is 0 Å². The highest BCUT2D eigenvalue weighted by Gasteiger charge is 2.18. The molecule has 1 N–H and O–H groups in total. The summed E-state index contributed by atoms with van der Waals surface area (Å²) in [7, 11) is 0. The maximum absolute atomic E-state index is 13.8. The molecule has 0 bridgehead atoms. The molecule has 0 amide bonds. The van der Waals surface area contributed by atoms with E-state index in [1.165, 1.54) is 11.1 Å². The third-order valence-electron chi connectivity index (χ3n) is 2.28. The van der Waals surface area contributed by atoms with Crippen molar-refractivity contribution in [3.8, 4) is 6.07 Å². The number of anilines is 1. The van der Waals surface area contributed by atoms with E-state index in [0.717, 1.165) is 6.07 Å². The van der Waals surface area contributed by atoms with Gasteiger partial charge in [0.05, 0.1) is 12.5 Å². The van der Waals surface area contributed by atoms with Crippen molar-refractivity contribution < 1.29 is 14.3 Å². The second-order valence-electron chi connectivity index (χ2n) is 3.29. The molecule has 0 saturated heterocycles. The molecular formula is C11H12FN3O2. The molecule has 17 heavy (non-hydrogen) atoms. The average molecular weight is 237 g/mol. The molecule has 6 heteroatoms. The summed E-state index contributed by atoms with van der Waals surface area (Å²) in [6, 6.07) is 3.06. The van der Waals surface area contributed by atoms with E-state index < -0.39 is 17.3 Å². The van der Waals surface area contributed by atoms with Crippen LogP contribution >= 0.6 is 0 Å². The van der Waals surface area contributed by atoms with Crippen molar-refractivity contribution in [1.82, 2.24) is 4.98 Å². The first-order chi connectivity index (χ1) is 8.11. The Labute approximate surface area is 98.1 Å². The van der Waals surface area contributed by atoms with Crippen molar-refractivity contribution in [2.45, 2.75) is 13.3 Å². The summed E-state index contributed by atoms with van der Waals surface area (Å²) in [6.45, 7) is 2.56. The predicted octanol–water partition coefficient (Wildman–Crippen LogP) is 1.66. The van der Waals surface area contributed by atoms with Crippen molar-refractivity contribution in [2.75, 3.05) is 18.0 Å². The molecule has 0 aliphatic carbocycles. The molecule has 0 saturated carbocycles. The standard InChI is InChI=1S/C11H12FN3O2/c1-2-15(7-3-5-13)10-9(12)8(11(16)17)4-6-14-10/h4,6H,2-3,7H2,1H3,(H,16,17). The van der Waals surface area contributed by atoms with E-state index in [9.17, 15) is 9.18 Å². The Hall–Kier alpha value is -2.16. The lowest BCUT2D eigenvalue weighted by molar-refractivity contribution is 0.0691. The zero-order valence-corrected chi connectivity index (χ0v) is 9.35. The number of nitriles is 1. The molecule has 1 heterocycles. The second-order valence-corrected chi connectivity index (χ2v) is 3.29. The highest BCUT2D eigenvalue weighted by Crippen LogP contribution is 2.19. The lowest BCUT2D eigenvalue weighted by atomic mass is 10.2. The van der Waals surface area contributed by atoms with Crippen molar-refractivity contribution >= 4 is 11.8 Å². The van der Waals surface area contributed by atoms with Gasteiger partial charge in [-0.05, 0) is 13.0 Å². The normalized spacial score (nSPS) is 9.71. The zero-order chi connectivity index (χ0) is 12.8. The van der Waals surface area contributed by atoms with E-state index in [1.54, 1.807) is 6.92 Å². The highest BCUT2D eigenvalue weighted by atomic mass is 19.1. The van der Waals surface area contributed by atoms with Crippen LogP contribution in [0.3, 0.4) is 0 Å². The third-order valence-corrected chi connectivity index (χ3v) is 2.28. The SMILES string of the molecule is CCN(CCC#N)c1nccc(C(=O)O)c1F. The van der Waals surface area contributed by atoms with Gasteiger partial charge in [0.2, 0.25) is 0 Å². The number of nitrogens with zero attached hydrogens (tertiary/aromatic N) is 3. The molecule has 0 fully saturated rings. The number of aromatic carboxylic acids is 1. The lowest BCUT2D eigenvalue weighted by Gasteiger charge is -2.21. The van der Waals surface area contributed by atoms with Crippen LogP contribution in [0.2, 0.25) is 0 Å². The first-order valence-corrected chi connectivity index (χ1v) is 5.11. The van der Waals surface area contributed by atoms with Crippen LogP contribution in [0.15, 0.2) is 12.3 Å². The minimum atomic E-state index is -1.33. The van der Waals surface area contributed by atoms with Gasteiger partial charge in [-0.3, -0.25) is 0 Å². The van der Waals surface area contributed by atoms with E-state index in [-0.39, 0.29) is 12.2 Å². The van der Waals surface area contributed by atoms with Crippen molar-refractivity contribution in [2.24, 2.45) is 0 Å². The van der Waals surface area contributed by atoms with E-state index in [0.29, 0.717) is 13.1 Å². The summed E-state index contributed by atoms with van der Waals surface area (Å²) in [4.78, 5) is 16.1. The molecule has 0 radical (unpaired) electrons. The highest BCUT2D eigenvalue weighted by molar-refractivity contribution is 5.88. The smallest absolute Gasteiger partial charge is 0.338 e. The molecule has 0 aliphatic heterocycles.